The van der Waals surface area contributed by atoms with Crippen LogP contribution in [0.4, 0.5) is 0 Å². The van der Waals surface area contributed by atoms with Gasteiger partial charge in [0.1, 0.15) is 0 Å². The molecule has 0 N–H and O–H groups in total. The molecule has 0 heterocycles. The first kappa shape index (κ1) is 51.0. The molecule has 0 bridgehead atoms. The van der Waals surface area contributed by atoms with E-state index in [1.54, 1.807) is 0 Å². The first-order valence-electron chi connectivity index (χ1n) is 17.2. The predicted octanol–water partition coefficient (Wildman–Crippen LogP) is 2.77. The van der Waals surface area contributed by atoms with Gasteiger partial charge in [0.25, 0.3) is 0 Å². The van der Waals surface area contributed by atoms with Gasteiger partial charge in [-0.05, 0) is 111 Å². The fraction of sp³-hybridized carbons (Fsp3) is 1.00. The Morgan fingerprint density at radius 1 is 0.244 bits per heavy atom. The van der Waals surface area contributed by atoms with E-state index >= 15 is 0 Å². The summed E-state index contributed by atoms with van der Waals surface area (Å²) in [6.07, 6.45) is 0. The summed E-state index contributed by atoms with van der Waals surface area (Å²) in [5, 5.41) is 0. The van der Waals surface area contributed by atoms with Crippen molar-refractivity contribution < 1.29 is 50.8 Å². The standard InChI is InChI=1S/4C8H20N.4O.Ti/c4*1-5-9(6-2,7-3)8-4;;;;;/h4*5-8H2,1-4H3;;;;;/q4*+1;4*-1;. The zero-order valence-electron chi connectivity index (χ0n) is 31.2. The number of nitrogens with zero attached hydrogens (tertiary/aromatic N) is 4. The van der Waals surface area contributed by atoms with Crippen molar-refractivity contribution in [1.82, 2.24) is 0 Å². The van der Waals surface area contributed by atoms with Crippen LogP contribution in [-0.2, 0) is 18.1 Å². The van der Waals surface area contributed by atoms with E-state index in [-0.39, 0.29) is 0 Å². The summed E-state index contributed by atoms with van der Waals surface area (Å²) in [5.41, 5.74) is 0. The molecule has 0 aliphatic heterocycles. The van der Waals surface area contributed by atoms with Gasteiger partial charge < -0.3 is 17.9 Å². The summed E-state index contributed by atoms with van der Waals surface area (Å²) in [4.78, 5) is 0. The van der Waals surface area contributed by atoms with Crippen molar-refractivity contribution in [2.24, 2.45) is 0 Å². The van der Waals surface area contributed by atoms with Gasteiger partial charge in [-0.3, -0.25) is 0 Å². The monoisotopic (exact) mass is 633 g/mol. The van der Waals surface area contributed by atoms with Crippen LogP contribution in [0, 0.1) is 0 Å². The van der Waals surface area contributed by atoms with Crippen LogP contribution in [-0.4, -0.2) is 123 Å². The summed E-state index contributed by atoms with van der Waals surface area (Å²) in [6.45, 7) is 56.9. The van der Waals surface area contributed by atoms with E-state index in [1.165, 1.54) is 123 Å². The Kier molecular flexibility index (Phi) is 36.2. The second-order valence-corrected chi connectivity index (χ2v) is 12.5. The Morgan fingerprint density at radius 3 is 0.293 bits per heavy atom. The number of hydrogen-bond donors (Lipinski definition) is 0. The van der Waals surface area contributed by atoms with Crippen LogP contribution in [0.2, 0.25) is 0 Å². The van der Waals surface area contributed by atoms with Gasteiger partial charge in [-0.25, -0.2) is 0 Å². The van der Waals surface area contributed by atoms with Crippen LogP contribution in [0.3, 0.4) is 0 Å². The quantitative estimate of drug-likeness (QED) is 0.193. The average molecular weight is 633 g/mol. The summed E-state index contributed by atoms with van der Waals surface area (Å²) in [6, 6.07) is 0. The number of rotatable bonds is 16. The fourth-order valence-corrected chi connectivity index (χ4v) is 5.37. The summed E-state index contributed by atoms with van der Waals surface area (Å²) in [5.74, 6) is 0. The van der Waals surface area contributed by atoms with Crippen LogP contribution in [0.15, 0.2) is 0 Å². The Hall–Kier alpha value is 0.394. The third-order valence-electron chi connectivity index (χ3n) is 10.7. The van der Waals surface area contributed by atoms with Crippen molar-refractivity contribution >= 4 is 0 Å². The van der Waals surface area contributed by atoms with E-state index in [2.05, 4.69) is 111 Å². The average Bonchev–Trinajstić information content (AvgIpc) is 2.99. The van der Waals surface area contributed by atoms with E-state index in [4.69, 9.17) is 14.8 Å². The molecule has 0 saturated carbocycles. The van der Waals surface area contributed by atoms with E-state index in [9.17, 15) is 0 Å². The topological polar surface area (TPSA) is 92.2 Å². The maximum atomic E-state index is 8.62. The molecule has 0 fully saturated rings. The first-order chi connectivity index (χ1) is 19.0. The Morgan fingerprint density at radius 2 is 0.293 bits per heavy atom. The summed E-state index contributed by atoms with van der Waals surface area (Å²) >= 11 is -6.00. The third-order valence-corrected chi connectivity index (χ3v) is 10.7. The molecule has 0 aliphatic carbocycles. The second-order valence-electron chi connectivity index (χ2n) is 10.9. The van der Waals surface area contributed by atoms with Crippen LogP contribution in [0.25, 0.3) is 0 Å². The molecule has 256 valence electrons. The molecule has 9 heteroatoms. The van der Waals surface area contributed by atoms with Crippen molar-refractivity contribution in [3.05, 3.63) is 0 Å². The van der Waals surface area contributed by atoms with Gasteiger partial charge in [-0.15, -0.1) is 0 Å². The van der Waals surface area contributed by atoms with Gasteiger partial charge >= 0.3 is 32.9 Å². The minimum absolute atomic E-state index is 1.28. The molecule has 0 aliphatic rings. The molecule has 0 rings (SSSR count). The Labute approximate surface area is 265 Å². The van der Waals surface area contributed by atoms with Crippen LogP contribution in [0.1, 0.15) is 111 Å². The molecule has 0 aromatic heterocycles. The molecule has 0 saturated heterocycles. The van der Waals surface area contributed by atoms with Crippen molar-refractivity contribution in [1.29, 1.82) is 0 Å². The van der Waals surface area contributed by atoms with Gasteiger partial charge in [0.05, 0.1) is 105 Å². The van der Waals surface area contributed by atoms with Crippen molar-refractivity contribution in [3.8, 4) is 0 Å². The first-order valence-corrected chi connectivity index (χ1v) is 19.7. The fourth-order valence-electron chi connectivity index (χ4n) is 5.37. The van der Waals surface area contributed by atoms with E-state index in [0.29, 0.717) is 0 Å². The van der Waals surface area contributed by atoms with Crippen LogP contribution in [0.5, 0.6) is 0 Å². The summed E-state index contributed by atoms with van der Waals surface area (Å²) in [7, 11) is 0. The zero-order chi connectivity index (χ0) is 33.8. The molecule has 0 spiro atoms. The van der Waals surface area contributed by atoms with Crippen molar-refractivity contribution in [3.63, 3.8) is 0 Å². The molecular formula is C32H80N4O4Ti. The molecule has 0 aromatic rings. The molecule has 0 amide bonds. The Balaban J connectivity index is -0.000000133. The molecule has 0 radical (unpaired) electrons. The second kappa shape index (κ2) is 29.1. The zero-order valence-corrected chi connectivity index (χ0v) is 32.8. The van der Waals surface area contributed by atoms with Crippen LogP contribution < -0.4 is 14.8 Å². The number of quaternary nitrogens is 4. The van der Waals surface area contributed by atoms with Gasteiger partial charge in [0.2, 0.25) is 0 Å². The van der Waals surface area contributed by atoms with E-state index in [0.717, 1.165) is 0 Å². The van der Waals surface area contributed by atoms with E-state index in [1.807, 2.05) is 0 Å². The SMILES string of the molecule is CC[N+](CC)(CC)CC.CC[N+](CC)(CC)CC.CC[N+](CC)(CC)CC.CC[N+](CC)(CC)CC.[O-][Ti]([O-])([O-])[O-]. The van der Waals surface area contributed by atoms with Gasteiger partial charge in [0.15, 0.2) is 0 Å². The van der Waals surface area contributed by atoms with Gasteiger partial charge in [0, 0.05) is 0 Å². The van der Waals surface area contributed by atoms with Crippen molar-refractivity contribution in [2.45, 2.75) is 111 Å². The van der Waals surface area contributed by atoms with Crippen molar-refractivity contribution in [2.75, 3.05) is 105 Å². The Bertz CT molecular complexity index is 362. The molecular weight excluding hydrogens is 552 g/mol. The normalized spacial score (nSPS) is 12.0. The predicted molar refractivity (Wildman–Crippen MR) is 170 cm³/mol. The molecule has 41 heavy (non-hydrogen) atoms. The minimum atomic E-state index is -6.00. The molecule has 0 aromatic carbocycles. The van der Waals surface area contributed by atoms with Gasteiger partial charge in [-0.1, -0.05) is 0 Å². The third kappa shape index (κ3) is 25.4. The molecule has 0 atom stereocenters. The van der Waals surface area contributed by atoms with E-state index < -0.39 is 18.1 Å². The van der Waals surface area contributed by atoms with Gasteiger partial charge in [-0.2, -0.15) is 0 Å². The maximum absolute atomic E-state index is 8.62. The number of hydrogen-bond acceptors (Lipinski definition) is 4. The molecule has 8 nitrogen and oxygen atoms in total. The van der Waals surface area contributed by atoms with Crippen LogP contribution >= 0.6 is 0 Å². The summed E-state index contributed by atoms with van der Waals surface area (Å²) < 4.78 is 39.6. The molecule has 0 unspecified atom stereocenters.